The summed E-state index contributed by atoms with van der Waals surface area (Å²) in [5.74, 6) is -12.8. The van der Waals surface area contributed by atoms with E-state index in [9.17, 15) is 35.2 Å². The van der Waals surface area contributed by atoms with E-state index in [0.717, 1.165) is 11.6 Å². The second-order valence-electron chi connectivity index (χ2n) is 5.65. The molecule has 0 atom stereocenters. The molecule has 0 fully saturated rings. The number of esters is 1. The average molecular weight is 451 g/mol. The van der Waals surface area contributed by atoms with Crippen molar-refractivity contribution in [2.75, 3.05) is 13.7 Å². The second kappa shape index (κ2) is 7.91. The van der Waals surface area contributed by atoms with Gasteiger partial charge in [-0.2, -0.15) is 4.98 Å². The van der Waals surface area contributed by atoms with Crippen molar-refractivity contribution in [3.8, 4) is 0 Å². The van der Waals surface area contributed by atoms with Crippen LogP contribution in [0, 0.1) is 29.1 Å². The van der Waals surface area contributed by atoms with E-state index in [2.05, 4.69) is 19.8 Å². The highest BCUT2D eigenvalue weighted by Crippen LogP contribution is 2.26. The van der Waals surface area contributed by atoms with Gasteiger partial charge in [0.25, 0.3) is 5.78 Å². The SMILES string of the molecule is COC(=O)c1cnc2nc(CCNS(=O)(=O)c3c(F)c(F)c(F)c(F)c3F)nn2c1. The van der Waals surface area contributed by atoms with Gasteiger partial charge in [0.15, 0.2) is 34.0 Å². The predicted octanol–water partition coefficient (Wildman–Crippen LogP) is 1.13. The van der Waals surface area contributed by atoms with E-state index in [1.54, 1.807) is 4.72 Å². The van der Waals surface area contributed by atoms with E-state index < -0.39 is 56.5 Å². The summed E-state index contributed by atoms with van der Waals surface area (Å²) in [6.45, 7) is -0.539. The average Bonchev–Trinajstić information content (AvgIpc) is 3.11. The third-order valence-electron chi connectivity index (χ3n) is 3.74. The number of benzene rings is 1. The van der Waals surface area contributed by atoms with Crippen LogP contribution in [0.15, 0.2) is 17.3 Å². The molecule has 0 saturated carbocycles. The smallest absolute Gasteiger partial charge is 0.341 e. The molecule has 2 heterocycles. The van der Waals surface area contributed by atoms with Crippen molar-refractivity contribution in [3.05, 3.63) is 52.9 Å². The Labute approximate surface area is 164 Å². The molecule has 9 nitrogen and oxygen atoms in total. The Morgan fingerprint density at radius 3 is 2.30 bits per heavy atom. The molecule has 0 bridgehead atoms. The first-order valence-corrected chi connectivity index (χ1v) is 9.36. The number of nitrogens with one attached hydrogen (secondary N) is 1. The molecule has 0 unspecified atom stereocenters. The van der Waals surface area contributed by atoms with E-state index in [-0.39, 0.29) is 23.6 Å². The summed E-state index contributed by atoms with van der Waals surface area (Å²) in [7, 11) is -3.93. The number of fused-ring (bicyclic) bond motifs is 1. The zero-order valence-electron chi connectivity index (χ0n) is 14.8. The normalized spacial score (nSPS) is 11.8. The molecule has 3 aromatic rings. The molecule has 2 aromatic heterocycles. The standard InChI is InChI=1S/C15H10F5N5O4S/c1-29-14(26)6-4-21-15-23-7(24-25(15)5-6)2-3-22-30(27,28)13-11(19)9(17)8(16)10(18)12(13)20/h4-5,22H,2-3H2,1H3. The number of sulfonamides is 1. The highest BCUT2D eigenvalue weighted by Gasteiger charge is 2.33. The minimum absolute atomic E-state index is 0.0182. The summed E-state index contributed by atoms with van der Waals surface area (Å²) in [6.07, 6.45) is 2.20. The number of ether oxygens (including phenoxy) is 1. The predicted molar refractivity (Wildman–Crippen MR) is 87.2 cm³/mol. The number of hydrogen-bond acceptors (Lipinski definition) is 7. The number of halogens is 5. The first-order chi connectivity index (χ1) is 14.1. The molecule has 0 spiro atoms. The van der Waals surface area contributed by atoms with Gasteiger partial charge in [0.1, 0.15) is 0 Å². The summed E-state index contributed by atoms with van der Waals surface area (Å²) in [4.78, 5) is 17.3. The third kappa shape index (κ3) is 3.80. The first-order valence-electron chi connectivity index (χ1n) is 7.87. The van der Waals surface area contributed by atoms with Gasteiger partial charge in [0, 0.05) is 25.4 Å². The molecule has 3 rings (SSSR count). The highest BCUT2D eigenvalue weighted by atomic mass is 32.2. The Balaban J connectivity index is 1.79. The topological polar surface area (TPSA) is 116 Å². The Morgan fingerprint density at radius 2 is 1.70 bits per heavy atom. The maximum absolute atomic E-state index is 13.7. The Bertz CT molecular complexity index is 1240. The summed E-state index contributed by atoms with van der Waals surface area (Å²) in [6, 6.07) is 0. The zero-order valence-corrected chi connectivity index (χ0v) is 15.6. The van der Waals surface area contributed by atoms with Gasteiger partial charge >= 0.3 is 5.97 Å². The first kappa shape index (κ1) is 21.5. The van der Waals surface area contributed by atoms with Gasteiger partial charge in [-0.15, -0.1) is 5.10 Å². The quantitative estimate of drug-likeness (QED) is 0.259. The lowest BCUT2D eigenvalue weighted by Crippen LogP contribution is -2.29. The summed E-state index contributed by atoms with van der Waals surface area (Å²) >= 11 is 0. The Hall–Kier alpha value is -3.20. The van der Waals surface area contributed by atoms with Crippen molar-refractivity contribution in [1.29, 1.82) is 0 Å². The van der Waals surface area contributed by atoms with E-state index in [1.807, 2.05) is 0 Å². The number of hydrogen-bond donors (Lipinski definition) is 1. The van der Waals surface area contributed by atoms with Gasteiger partial charge in [0.2, 0.25) is 15.8 Å². The summed E-state index contributed by atoms with van der Waals surface area (Å²) in [5, 5.41) is 3.94. The summed E-state index contributed by atoms with van der Waals surface area (Å²) < 4.78 is 98.4. The van der Waals surface area contributed by atoms with E-state index in [4.69, 9.17) is 0 Å². The minimum Gasteiger partial charge on any atom is -0.465 e. The molecule has 160 valence electrons. The number of nitrogens with zero attached hydrogens (tertiary/aromatic N) is 4. The molecule has 30 heavy (non-hydrogen) atoms. The molecule has 0 amide bonds. The second-order valence-corrected chi connectivity index (χ2v) is 7.36. The van der Waals surface area contributed by atoms with Crippen molar-refractivity contribution in [3.63, 3.8) is 0 Å². The van der Waals surface area contributed by atoms with E-state index in [0.29, 0.717) is 0 Å². The fraction of sp³-hybridized carbons (Fsp3) is 0.200. The summed E-state index contributed by atoms with van der Waals surface area (Å²) in [5.41, 5.74) is 0.0634. The van der Waals surface area contributed by atoms with Gasteiger partial charge in [-0.25, -0.2) is 49.4 Å². The van der Waals surface area contributed by atoms with Crippen LogP contribution in [0.5, 0.6) is 0 Å². The number of aromatic nitrogens is 4. The van der Waals surface area contributed by atoms with E-state index in [1.165, 1.54) is 12.4 Å². The maximum Gasteiger partial charge on any atom is 0.341 e. The van der Waals surface area contributed by atoms with Gasteiger partial charge in [0.05, 0.1) is 12.7 Å². The fourth-order valence-corrected chi connectivity index (χ4v) is 3.51. The molecule has 0 aliphatic rings. The molecular weight excluding hydrogens is 441 g/mol. The minimum atomic E-state index is -5.09. The van der Waals surface area contributed by atoms with Crippen LogP contribution >= 0.6 is 0 Å². The van der Waals surface area contributed by atoms with Crippen LogP contribution in [0.25, 0.3) is 5.78 Å². The van der Waals surface area contributed by atoms with E-state index >= 15 is 0 Å². The van der Waals surface area contributed by atoms with Crippen molar-refractivity contribution >= 4 is 21.8 Å². The Kier molecular flexibility index (Phi) is 5.67. The molecule has 0 radical (unpaired) electrons. The molecule has 0 saturated heterocycles. The van der Waals surface area contributed by atoms with Crippen LogP contribution in [0.3, 0.4) is 0 Å². The lowest BCUT2D eigenvalue weighted by molar-refractivity contribution is 0.0599. The maximum atomic E-state index is 13.7. The number of rotatable bonds is 6. The zero-order chi connectivity index (χ0) is 22.2. The fourth-order valence-electron chi connectivity index (χ4n) is 2.34. The molecule has 1 N–H and O–H groups in total. The van der Waals surface area contributed by atoms with Crippen LogP contribution in [0.1, 0.15) is 16.2 Å². The molecule has 1 aromatic carbocycles. The largest absolute Gasteiger partial charge is 0.465 e. The lowest BCUT2D eigenvalue weighted by Gasteiger charge is -2.09. The van der Waals surface area contributed by atoms with Crippen molar-refractivity contribution in [2.45, 2.75) is 11.3 Å². The lowest BCUT2D eigenvalue weighted by atomic mass is 10.3. The number of carbonyl (C=O) groups is 1. The van der Waals surface area contributed by atoms with Gasteiger partial charge in [-0.3, -0.25) is 0 Å². The van der Waals surface area contributed by atoms with Crippen LogP contribution in [0.4, 0.5) is 22.0 Å². The van der Waals surface area contributed by atoms with Crippen molar-refractivity contribution in [2.24, 2.45) is 0 Å². The molecular formula is C15H10F5N5O4S. The number of methoxy groups -OCH3 is 1. The van der Waals surface area contributed by atoms with Gasteiger partial charge in [-0.1, -0.05) is 0 Å². The monoisotopic (exact) mass is 451 g/mol. The number of carbonyl (C=O) groups excluding carboxylic acids is 1. The van der Waals surface area contributed by atoms with Gasteiger partial charge in [-0.05, 0) is 0 Å². The van der Waals surface area contributed by atoms with Crippen molar-refractivity contribution < 1.29 is 39.9 Å². The molecule has 0 aliphatic heterocycles. The molecule has 15 heteroatoms. The highest BCUT2D eigenvalue weighted by molar-refractivity contribution is 7.89. The molecule has 0 aliphatic carbocycles. The van der Waals surface area contributed by atoms with Crippen LogP contribution in [0.2, 0.25) is 0 Å². The Morgan fingerprint density at radius 1 is 1.10 bits per heavy atom. The van der Waals surface area contributed by atoms with Gasteiger partial charge < -0.3 is 4.74 Å². The van der Waals surface area contributed by atoms with Crippen molar-refractivity contribution in [1.82, 2.24) is 24.3 Å². The third-order valence-corrected chi connectivity index (χ3v) is 5.22. The van der Waals surface area contributed by atoms with Crippen LogP contribution in [-0.4, -0.2) is 47.6 Å². The van der Waals surface area contributed by atoms with Crippen LogP contribution < -0.4 is 4.72 Å². The van der Waals surface area contributed by atoms with Crippen LogP contribution in [-0.2, 0) is 21.2 Å².